The predicted octanol–water partition coefficient (Wildman–Crippen LogP) is 1.93. The average Bonchev–Trinajstić information content (AvgIpc) is 3.43. The van der Waals surface area contributed by atoms with Crippen molar-refractivity contribution in [3.63, 3.8) is 0 Å². The number of benzene rings is 1. The van der Waals surface area contributed by atoms with Gasteiger partial charge < -0.3 is 20.0 Å². The van der Waals surface area contributed by atoms with E-state index in [4.69, 9.17) is 4.42 Å². The Balaban J connectivity index is 0.00000256. The number of piperazine rings is 1. The van der Waals surface area contributed by atoms with Crippen molar-refractivity contribution >= 4 is 35.8 Å². The Labute approximate surface area is 194 Å². The average molecular weight is 524 g/mol. The molecule has 0 spiro atoms. The first kappa shape index (κ1) is 22.5. The fourth-order valence-electron chi connectivity index (χ4n) is 3.43. The van der Waals surface area contributed by atoms with E-state index in [1.54, 1.807) is 13.3 Å². The standard InChI is InChI=1S/C21H28N6O2.HI/c1-22-21(23-13-18-15-29-20(25-18)16-5-3-2-4-6-16)27-11-9-26(10-12-27)14-19(28)24-17-7-8-17;/h2-6,15,17H,7-14H2,1H3,(H,22,23)(H,24,28);1H. The van der Waals surface area contributed by atoms with Gasteiger partial charge in [-0.3, -0.25) is 14.7 Å². The Morgan fingerprint density at radius 1 is 1.20 bits per heavy atom. The molecule has 1 amide bonds. The molecule has 1 aromatic heterocycles. The van der Waals surface area contributed by atoms with Gasteiger partial charge in [0.15, 0.2) is 5.96 Å². The van der Waals surface area contributed by atoms with Crippen molar-refractivity contribution in [2.45, 2.75) is 25.4 Å². The molecule has 8 nitrogen and oxygen atoms in total. The molecule has 1 aliphatic heterocycles. The Morgan fingerprint density at radius 3 is 2.60 bits per heavy atom. The van der Waals surface area contributed by atoms with Crippen LogP contribution in [0.3, 0.4) is 0 Å². The number of amides is 1. The number of guanidine groups is 1. The van der Waals surface area contributed by atoms with Crippen molar-refractivity contribution in [3.05, 3.63) is 42.3 Å². The van der Waals surface area contributed by atoms with Crippen LogP contribution < -0.4 is 10.6 Å². The second-order valence-corrected chi connectivity index (χ2v) is 7.52. The van der Waals surface area contributed by atoms with Crippen LogP contribution in [0, 0.1) is 0 Å². The van der Waals surface area contributed by atoms with Crippen molar-refractivity contribution in [1.29, 1.82) is 0 Å². The fourth-order valence-corrected chi connectivity index (χ4v) is 3.43. The number of hydrogen-bond donors (Lipinski definition) is 2. The molecule has 9 heteroatoms. The molecular weight excluding hydrogens is 495 g/mol. The van der Waals surface area contributed by atoms with E-state index in [1.807, 2.05) is 30.3 Å². The lowest BCUT2D eigenvalue weighted by Gasteiger charge is -2.36. The zero-order chi connectivity index (χ0) is 20.1. The number of aromatic nitrogens is 1. The zero-order valence-corrected chi connectivity index (χ0v) is 19.5. The minimum Gasteiger partial charge on any atom is -0.444 e. The number of carbonyl (C=O) groups is 1. The monoisotopic (exact) mass is 524 g/mol. The molecule has 0 radical (unpaired) electrons. The Kier molecular flexibility index (Phi) is 8.08. The number of nitrogens with one attached hydrogen (secondary N) is 2. The normalized spacial score (nSPS) is 17.4. The van der Waals surface area contributed by atoms with Crippen molar-refractivity contribution in [1.82, 2.24) is 25.4 Å². The summed E-state index contributed by atoms with van der Waals surface area (Å²) in [4.78, 5) is 25.3. The number of halogens is 1. The molecule has 162 valence electrons. The summed E-state index contributed by atoms with van der Waals surface area (Å²) in [5.74, 6) is 1.61. The summed E-state index contributed by atoms with van der Waals surface area (Å²) in [5.41, 5.74) is 1.80. The van der Waals surface area contributed by atoms with Gasteiger partial charge in [0.2, 0.25) is 11.8 Å². The lowest BCUT2D eigenvalue weighted by Crippen LogP contribution is -2.54. The molecule has 0 unspecified atom stereocenters. The van der Waals surface area contributed by atoms with Crippen LogP contribution in [0.25, 0.3) is 11.5 Å². The maximum Gasteiger partial charge on any atom is 0.234 e. The summed E-state index contributed by atoms with van der Waals surface area (Å²) < 4.78 is 5.60. The van der Waals surface area contributed by atoms with E-state index in [2.05, 4.69) is 30.4 Å². The Bertz CT molecular complexity index is 844. The molecule has 0 atom stereocenters. The highest BCUT2D eigenvalue weighted by atomic mass is 127. The van der Waals surface area contributed by atoms with Gasteiger partial charge in [0.25, 0.3) is 0 Å². The highest BCUT2D eigenvalue weighted by Gasteiger charge is 2.26. The van der Waals surface area contributed by atoms with Gasteiger partial charge in [-0.1, -0.05) is 18.2 Å². The van der Waals surface area contributed by atoms with Gasteiger partial charge in [0.1, 0.15) is 6.26 Å². The summed E-state index contributed by atoms with van der Waals surface area (Å²) >= 11 is 0. The quantitative estimate of drug-likeness (QED) is 0.342. The van der Waals surface area contributed by atoms with Crippen molar-refractivity contribution in [3.8, 4) is 11.5 Å². The van der Waals surface area contributed by atoms with E-state index < -0.39 is 0 Å². The van der Waals surface area contributed by atoms with Crippen LogP contribution in [0.2, 0.25) is 0 Å². The maximum absolute atomic E-state index is 12.0. The highest BCUT2D eigenvalue weighted by Crippen LogP contribution is 2.19. The summed E-state index contributed by atoms with van der Waals surface area (Å²) in [5, 5.41) is 6.42. The number of hydrogen-bond acceptors (Lipinski definition) is 5. The number of carbonyl (C=O) groups excluding carboxylic acids is 1. The van der Waals surface area contributed by atoms with Gasteiger partial charge in [-0.05, 0) is 25.0 Å². The second kappa shape index (κ2) is 10.8. The zero-order valence-electron chi connectivity index (χ0n) is 17.2. The van der Waals surface area contributed by atoms with Crippen LogP contribution in [0.4, 0.5) is 0 Å². The molecule has 1 saturated heterocycles. The van der Waals surface area contributed by atoms with E-state index in [9.17, 15) is 4.79 Å². The molecule has 0 bridgehead atoms. The molecule has 2 heterocycles. The first-order valence-electron chi connectivity index (χ1n) is 10.2. The van der Waals surface area contributed by atoms with Crippen molar-refractivity contribution in [2.75, 3.05) is 39.8 Å². The van der Waals surface area contributed by atoms with Crippen molar-refractivity contribution in [2.24, 2.45) is 4.99 Å². The van der Waals surface area contributed by atoms with Crippen LogP contribution in [-0.2, 0) is 11.3 Å². The van der Waals surface area contributed by atoms with Gasteiger partial charge in [-0.15, -0.1) is 24.0 Å². The Hall–Kier alpha value is -2.14. The van der Waals surface area contributed by atoms with E-state index in [-0.39, 0.29) is 29.9 Å². The van der Waals surface area contributed by atoms with E-state index in [0.29, 0.717) is 25.0 Å². The first-order chi connectivity index (χ1) is 14.2. The molecule has 1 aromatic carbocycles. The SMILES string of the molecule is CN=C(NCc1coc(-c2ccccc2)n1)N1CCN(CC(=O)NC2CC2)CC1.I. The smallest absolute Gasteiger partial charge is 0.234 e. The first-order valence-corrected chi connectivity index (χ1v) is 10.2. The van der Waals surface area contributed by atoms with Gasteiger partial charge in [-0.2, -0.15) is 0 Å². The third kappa shape index (κ3) is 6.18. The van der Waals surface area contributed by atoms with Gasteiger partial charge in [0, 0.05) is 44.8 Å². The molecule has 1 saturated carbocycles. The third-order valence-corrected chi connectivity index (χ3v) is 5.19. The van der Waals surface area contributed by atoms with Crippen LogP contribution in [0.15, 0.2) is 46.0 Å². The largest absolute Gasteiger partial charge is 0.444 e. The summed E-state index contributed by atoms with van der Waals surface area (Å²) in [6, 6.07) is 10.3. The molecule has 4 rings (SSSR count). The maximum atomic E-state index is 12.0. The molecule has 2 fully saturated rings. The molecule has 2 aromatic rings. The molecule has 2 N–H and O–H groups in total. The molecular formula is C21H29IN6O2. The predicted molar refractivity (Wildman–Crippen MR) is 127 cm³/mol. The molecule has 30 heavy (non-hydrogen) atoms. The topological polar surface area (TPSA) is 86.0 Å². The second-order valence-electron chi connectivity index (χ2n) is 7.52. The number of nitrogens with zero attached hydrogens (tertiary/aromatic N) is 4. The van der Waals surface area contributed by atoms with E-state index in [1.165, 1.54) is 0 Å². The Morgan fingerprint density at radius 2 is 1.93 bits per heavy atom. The minimum absolute atomic E-state index is 0. The van der Waals surface area contributed by atoms with Crippen LogP contribution in [-0.4, -0.2) is 72.5 Å². The number of aliphatic imine (C=N–C) groups is 1. The molecule has 2 aliphatic rings. The summed E-state index contributed by atoms with van der Waals surface area (Å²) in [6.45, 7) is 4.40. The molecule has 1 aliphatic carbocycles. The van der Waals surface area contributed by atoms with E-state index >= 15 is 0 Å². The van der Waals surface area contributed by atoms with Gasteiger partial charge in [-0.25, -0.2) is 4.98 Å². The fraction of sp³-hybridized carbons (Fsp3) is 0.476. The summed E-state index contributed by atoms with van der Waals surface area (Å²) in [6.07, 6.45) is 3.93. The van der Waals surface area contributed by atoms with Crippen LogP contribution in [0.5, 0.6) is 0 Å². The lowest BCUT2D eigenvalue weighted by molar-refractivity contribution is -0.122. The van der Waals surface area contributed by atoms with Gasteiger partial charge >= 0.3 is 0 Å². The number of oxazole rings is 1. The summed E-state index contributed by atoms with van der Waals surface area (Å²) in [7, 11) is 1.79. The van der Waals surface area contributed by atoms with E-state index in [0.717, 1.165) is 56.2 Å². The highest BCUT2D eigenvalue weighted by molar-refractivity contribution is 14.0. The third-order valence-electron chi connectivity index (χ3n) is 5.19. The van der Waals surface area contributed by atoms with Gasteiger partial charge in [0.05, 0.1) is 18.8 Å². The van der Waals surface area contributed by atoms with Crippen molar-refractivity contribution < 1.29 is 9.21 Å². The number of rotatable bonds is 6. The van der Waals surface area contributed by atoms with Crippen LogP contribution in [0.1, 0.15) is 18.5 Å². The van der Waals surface area contributed by atoms with Crippen LogP contribution >= 0.6 is 24.0 Å². The lowest BCUT2D eigenvalue weighted by atomic mass is 10.2. The minimum atomic E-state index is 0.